The van der Waals surface area contributed by atoms with Gasteiger partial charge in [0.25, 0.3) is 5.91 Å². The van der Waals surface area contributed by atoms with E-state index in [0.717, 1.165) is 16.9 Å². The third-order valence-corrected chi connectivity index (χ3v) is 3.32. The number of halogens is 1. The normalized spacial score (nSPS) is 16.4. The Balaban J connectivity index is 1.72. The molecule has 1 aliphatic heterocycles. The SMILES string of the molecule is Cc1ccc(NC(=O)C2Cc3ccccc3O2)c(F)c1. The summed E-state index contributed by atoms with van der Waals surface area (Å²) in [6.07, 6.45) is -0.0942. The molecule has 0 radical (unpaired) electrons. The largest absolute Gasteiger partial charge is 0.480 e. The van der Waals surface area contributed by atoms with Gasteiger partial charge in [0.15, 0.2) is 6.10 Å². The smallest absolute Gasteiger partial charge is 0.265 e. The lowest BCUT2D eigenvalue weighted by atomic mass is 10.1. The van der Waals surface area contributed by atoms with Crippen molar-refractivity contribution >= 4 is 11.6 Å². The van der Waals surface area contributed by atoms with E-state index in [4.69, 9.17) is 4.74 Å². The Kier molecular flexibility index (Phi) is 3.14. The van der Waals surface area contributed by atoms with Crippen molar-refractivity contribution in [2.45, 2.75) is 19.4 Å². The molecule has 0 fully saturated rings. The Labute approximate surface area is 116 Å². The minimum Gasteiger partial charge on any atom is -0.480 e. The fourth-order valence-electron chi connectivity index (χ4n) is 2.26. The van der Waals surface area contributed by atoms with Crippen LogP contribution in [0.4, 0.5) is 10.1 Å². The molecule has 2 aromatic carbocycles. The molecule has 0 aliphatic carbocycles. The van der Waals surface area contributed by atoms with Crippen LogP contribution in [0.5, 0.6) is 5.75 Å². The van der Waals surface area contributed by atoms with E-state index in [1.54, 1.807) is 19.1 Å². The summed E-state index contributed by atoms with van der Waals surface area (Å²) in [7, 11) is 0. The first-order valence-electron chi connectivity index (χ1n) is 6.45. The topological polar surface area (TPSA) is 38.3 Å². The maximum absolute atomic E-state index is 13.7. The second-order valence-corrected chi connectivity index (χ2v) is 4.89. The minimum atomic E-state index is -0.604. The summed E-state index contributed by atoms with van der Waals surface area (Å²) < 4.78 is 19.3. The van der Waals surface area contributed by atoms with E-state index in [-0.39, 0.29) is 11.6 Å². The van der Waals surface area contributed by atoms with Crippen molar-refractivity contribution in [2.24, 2.45) is 0 Å². The van der Waals surface area contributed by atoms with Crippen LogP contribution >= 0.6 is 0 Å². The van der Waals surface area contributed by atoms with Crippen molar-refractivity contribution in [3.05, 3.63) is 59.4 Å². The van der Waals surface area contributed by atoms with Crippen molar-refractivity contribution in [3.63, 3.8) is 0 Å². The van der Waals surface area contributed by atoms with Gasteiger partial charge in [0.05, 0.1) is 5.69 Å². The molecule has 0 aromatic heterocycles. The first kappa shape index (κ1) is 12.7. The molecule has 102 valence electrons. The highest BCUT2D eigenvalue weighted by atomic mass is 19.1. The fraction of sp³-hybridized carbons (Fsp3) is 0.188. The van der Waals surface area contributed by atoms with Crippen molar-refractivity contribution in [1.82, 2.24) is 0 Å². The summed E-state index contributed by atoms with van der Waals surface area (Å²) in [5.74, 6) is -0.0464. The molecule has 1 amide bonds. The number of para-hydroxylation sites is 1. The second-order valence-electron chi connectivity index (χ2n) is 4.89. The molecule has 0 saturated heterocycles. The summed E-state index contributed by atoms with van der Waals surface area (Å²) in [5, 5.41) is 2.58. The van der Waals surface area contributed by atoms with Gasteiger partial charge in [-0.05, 0) is 36.2 Å². The first-order chi connectivity index (χ1) is 9.63. The second kappa shape index (κ2) is 4.96. The molecule has 0 spiro atoms. The molecule has 1 heterocycles. The number of hydrogen-bond acceptors (Lipinski definition) is 2. The van der Waals surface area contributed by atoms with E-state index in [2.05, 4.69) is 5.32 Å². The molecule has 1 unspecified atom stereocenters. The minimum absolute atomic E-state index is 0.181. The van der Waals surface area contributed by atoms with Crippen LogP contribution in [0.1, 0.15) is 11.1 Å². The zero-order valence-electron chi connectivity index (χ0n) is 11.0. The zero-order chi connectivity index (χ0) is 14.1. The van der Waals surface area contributed by atoms with Crippen LogP contribution in [0.25, 0.3) is 0 Å². The zero-order valence-corrected chi connectivity index (χ0v) is 11.0. The van der Waals surface area contributed by atoms with E-state index < -0.39 is 11.9 Å². The maximum Gasteiger partial charge on any atom is 0.265 e. The molecule has 20 heavy (non-hydrogen) atoms. The molecular weight excluding hydrogens is 257 g/mol. The number of aryl methyl sites for hydroxylation is 1. The predicted molar refractivity (Wildman–Crippen MR) is 74.3 cm³/mol. The third kappa shape index (κ3) is 2.37. The molecule has 1 N–H and O–H groups in total. The van der Waals surface area contributed by atoms with Crippen LogP contribution < -0.4 is 10.1 Å². The highest BCUT2D eigenvalue weighted by Crippen LogP contribution is 2.28. The van der Waals surface area contributed by atoms with Gasteiger partial charge >= 0.3 is 0 Å². The van der Waals surface area contributed by atoms with Gasteiger partial charge in [-0.15, -0.1) is 0 Å². The van der Waals surface area contributed by atoms with Crippen LogP contribution in [-0.4, -0.2) is 12.0 Å². The summed E-state index contributed by atoms with van der Waals surface area (Å²) in [4.78, 5) is 12.1. The number of rotatable bonds is 2. The Morgan fingerprint density at radius 2 is 2.10 bits per heavy atom. The lowest BCUT2D eigenvalue weighted by Crippen LogP contribution is -2.31. The van der Waals surface area contributed by atoms with Crippen LogP contribution in [0.15, 0.2) is 42.5 Å². The number of carbonyl (C=O) groups excluding carboxylic acids is 1. The van der Waals surface area contributed by atoms with Gasteiger partial charge in [0, 0.05) is 6.42 Å². The van der Waals surface area contributed by atoms with Crippen molar-refractivity contribution in [2.75, 3.05) is 5.32 Å². The molecule has 3 rings (SSSR count). The number of hydrogen-bond donors (Lipinski definition) is 1. The highest BCUT2D eigenvalue weighted by Gasteiger charge is 2.29. The van der Waals surface area contributed by atoms with E-state index in [0.29, 0.717) is 6.42 Å². The highest BCUT2D eigenvalue weighted by molar-refractivity contribution is 5.95. The summed E-state index contributed by atoms with van der Waals surface area (Å²) in [5.41, 5.74) is 1.99. The van der Waals surface area contributed by atoms with Gasteiger partial charge in [-0.1, -0.05) is 24.3 Å². The van der Waals surface area contributed by atoms with Gasteiger partial charge in [0.1, 0.15) is 11.6 Å². The first-order valence-corrected chi connectivity index (χ1v) is 6.45. The standard InChI is InChI=1S/C16H14FNO2/c1-10-6-7-13(12(17)8-10)18-16(19)15-9-11-4-2-3-5-14(11)20-15/h2-8,15H,9H2,1H3,(H,18,19). The van der Waals surface area contributed by atoms with E-state index in [1.807, 2.05) is 24.3 Å². The van der Waals surface area contributed by atoms with Crippen LogP contribution in [0.2, 0.25) is 0 Å². The van der Waals surface area contributed by atoms with Gasteiger partial charge in [-0.3, -0.25) is 4.79 Å². The Hall–Kier alpha value is -2.36. The Morgan fingerprint density at radius 3 is 2.85 bits per heavy atom. The van der Waals surface area contributed by atoms with Crippen molar-refractivity contribution in [3.8, 4) is 5.75 Å². The number of fused-ring (bicyclic) bond motifs is 1. The molecule has 1 aliphatic rings. The van der Waals surface area contributed by atoms with Crippen molar-refractivity contribution < 1.29 is 13.9 Å². The summed E-state index contributed by atoms with van der Waals surface area (Å²) in [6.45, 7) is 1.80. The molecule has 3 nitrogen and oxygen atoms in total. The molecule has 0 bridgehead atoms. The number of nitrogens with one attached hydrogen (secondary N) is 1. The van der Waals surface area contributed by atoms with Gasteiger partial charge in [-0.2, -0.15) is 0 Å². The van der Waals surface area contributed by atoms with E-state index in [9.17, 15) is 9.18 Å². The number of amides is 1. The monoisotopic (exact) mass is 271 g/mol. The summed E-state index contributed by atoms with van der Waals surface area (Å²) in [6, 6.07) is 12.2. The van der Waals surface area contributed by atoms with Gasteiger partial charge < -0.3 is 10.1 Å². The molecule has 1 atom stereocenters. The number of anilines is 1. The van der Waals surface area contributed by atoms with E-state index >= 15 is 0 Å². The molecule has 0 saturated carbocycles. The number of ether oxygens (including phenoxy) is 1. The van der Waals surface area contributed by atoms with Gasteiger partial charge in [0.2, 0.25) is 0 Å². The lowest BCUT2D eigenvalue weighted by molar-refractivity contribution is -0.122. The van der Waals surface area contributed by atoms with Crippen molar-refractivity contribution in [1.29, 1.82) is 0 Å². The number of carbonyl (C=O) groups is 1. The predicted octanol–water partition coefficient (Wildman–Crippen LogP) is 3.08. The Bertz CT molecular complexity index is 644. The van der Waals surface area contributed by atoms with Crippen LogP contribution in [-0.2, 0) is 11.2 Å². The van der Waals surface area contributed by atoms with Crippen LogP contribution in [0, 0.1) is 12.7 Å². The lowest BCUT2D eigenvalue weighted by Gasteiger charge is -2.12. The average molecular weight is 271 g/mol. The fourth-order valence-corrected chi connectivity index (χ4v) is 2.26. The molecule has 2 aromatic rings. The summed E-state index contributed by atoms with van der Waals surface area (Å²) >= 11 is 0. The average Bonchev–Trinajstić information content (AvgIpc) is 2.86. The van der Waals surface area contributed by atoms with Crippen LogP contribution in [0.3, 0.4) is 0 Å². The molecular formula is C16H14FNO2. The van der Waals surface area contributed by atoms with Gasteiger partial charge in [-0.25, -0.2) is 4.39 Å². The Morgan fingerprint density at radius 1 is 1.30 bits per heavy atom. The maximum atomic E-state index is 13.7. The third-order valence-electron chi connectivity index (χ3n) is 3.32. The van der Waals surface area contributed by atoms with E-state index in [1.165, 1.54) is 6.07 Å². The molecule has 4 heteroatoms. The number of benzene rings is 2. The quantitative estimate of drug-likeness (QED) is 0.911.